The highest BCUT2D eigenvalue weighted by Gasteiger charge is 2.14. The van der Waals surface area contributed by atoms with Gasteiger partial charge in [0.05, 0.1) is 17.2 Å². The number of aryl methyl sites for hydroxylation is 1. The molecule has 98 valence electrons. The number of Topliss-reactive ketones (excluding diaryl/α,β-unsaturated/α-hetero) is 1. The summed E-state index contributed by atoms with van der Waals surface area (Å²) in [6.45, 7) is 3.78. The van der Waals surface area contributed by atoms with Gasteiger partial charge in [0.1, 0.15) is 0 Å². The Balaban J connectivity index is 1.96. The molecule has 0 bridgehead atoms. The molecule has 0 saturated carbocycles. The predicted octanol–water partition coefficient (Wildman–Crippen LogP) is 3.19. The van der Waals surface area contributed by atoms with E-state index in [2.05, 4.69) is 4.99 Å². The summed E-state index contributed by atoms with van der Waals surface area (Å²) in [5.41, 5.74) is 2.54. The SMILES string of the molecule is CC1=CC(=O)CC(SCC(=O)c2ccc(C)cc2)=N1. The van der Waals surface area contributed by atoms with Gasteiger partial charge in [-0.2, -0.15) is 0 Å². The van der Waals surface area contributed by atoms with E-state index in [1.165, 1.54) is 17.8 Å². The van der Waals surface area contributed by atoms with Crippen molar-refractivity contribution < 1.29 is 9.59 Å². The van der Waals surface area contributed by atoms with Gasteiger partial charge in [0.15, 0.2) is 11.6 Å². The van der Waals surface area contributed by atoms with Crippen LogP contribution in [-0.4, -0.2) is 22.4 Å². The number of benzene rings is 1. The number of carbonyl (C=O) groups excluding carboxylic acids is 2. The summed E-state index contributed by atoms with van der Waals surface area (Å²) < 4.78 is 0. The van der Waals surface area contributed by atoms with Crippen LogP contribution in [0.1, 0.15) is 29.3 Å². The normalized spacial score (nSPS) is 14.9. The molecule has 0 unspecified atom stereocenters. The molecule has 0 spiro atoms. The highest BCUT2D eigenvalue weighted by atomic mass is 32.2. The fourth-order valence-electron chi connectivity index (χ4n) is 1.76. The van der Waals surface area contributed by atoms with Gasteiger partial charge in [0.25, 0.3) is 0 Å². The van der Waals surface area contributed by atoms with Gasteiger partial charge in [-0.1, -0.05) is 29.8 Å². The zero-order valence-corrected chi connectivity index (χ0v) is 11.8. The van der Waals surface area contributed by atoms with Gasteiger partial charge in [0, 0.05) is 17.3 Å². The predicted molar refractivity (Wildman–Crippen MR) is 78.8 cm³/mol. The van der Waals surface area contributed by atoms with Crippen molar-refractivity contribution in [3.8, 4) is 0 Å². The van der Waals surface area contributed by atoms with Crippen LogP contribution in [0, 0.1) is 6.92 Å². The van der Waals surface area contributed by atoms with Crippen LogP contribution in [0.15, 0.2) is 41.0 Å². The summed E-state index contributed by atoms with van der Waals surface area (Å²) in [6, 6.07) is 7.51. The lowest BCUT2D eigenvalue weighted by molar-refractivity contribution is -0.113. The molecule has 0 atom stereocenters. The number of hydrogen-bond donors (Lipinski definition) is 0. The smallest absolute Gasteiger partial charge is 0.173 e. The largest absolute Gasteiger partial charge is 0.294 e. The Bertz CT molecular complexity index is 570. The van der Waals surface area contributed by atoms with Crippen LogP contribution in [0.25, 0.3) is 0 Å². The second-order valence-corrected chi connectivity index (χ2v) is 5.56. The molecular weight excluding hydrogens is 258 g/mol. The second-order valence-electron chi connectivity index (χ2n) is 4.51. The quantitative estimate of drug-likeness (QED) is 0.795. The zero-order valence-electron chi connectivity index (χ0n) is 11.0. The first-order chi connectivity index (χ1) is 9.04. The number of allylic oxidation sites excluding steroid dienone is 2. The summed E-state index contributed by atoms with van der Waals surface area (Å²) in [4.78, 5) is 27.6. The van der Waals surface area contributed by atoms with Crippen molar-refractivity contribution in [3.05, 3.63) is 47.2 Å². The Morgan fingerprint density at radius 2 is 1.95 bits per heavy atom. The Morgan fingerprint density at radius 1 is 1.26 bits per heavy atom. The monoisotopic (exact) mass is 273 g/mol. The van der Waals surface area contributed by atoms with Crippen LogP contribution in [-0.2, 0) is 4.79 Å². The van der Waals surface area contributed by atoms with Gasteiger partial charge in [0.2, 0.25) is 0 Å². The van der Waals surface area contributed by atoms with Crippen molar-refractivity contribution in [2.75, 3.05) is 5.75 Å². The van der Waals surface area contributed by atoms with E-state index in [9.17, 15) is 9.59 Å². The molecule has 4 heteroatoms. The van der Waals surface area contributed by atoms with Gasteiger partial charge in [-0.05, 0) is 13.8 Å². The lowest BCUT2D eigenvalue weighted by atomic mass is 10.1. The zero-order chi connectivity index (χ0) is 13.8. The molecule has 1 aliphatic heterocycles. The van der Waals surface area contributed by atoms with Crippen molar-refractivity contribution in [1.82, 2.24) is 0 Å². The molecule has 0 aromatic heterocycles. The summed E-state index contributed by atoms with van der Waals surface area (Å²) in [5, 5.41) is 0.727. The van der Waals surface area contributed by atoms with Crippen molar-refractivity contribution in [1.29, 1.82) is 0 Å². The van der Waals surface area contributed by atoms with Crippen LogP contribution >= 0.6 is 11.8 Å². The summed E-state index contributed by atoms with van der Waals surface area (Å²) in [6.07, 6.45) is 1.84. The van der Waals surface area contributed by atoms with Gasteiger partial charge < -0.3 is 0 Å². The van der Waals surface area contributed by atoms with Crippen molar-refractivity contribution in [2.45, 2.75) is 20.3 Å². The summed E-state index contributed by atoms with van der Waals surface area (Å²) in [7, 11) is 0. The van der Waals surface area contributed by atoms with E-state index >= 15 is 0 Å². The molecule has 1 aromatic carbocycles. The van der Waals surface area contributed by atoms with Crippen LogP contribution < -0.4 is 0 Å². The van der Waals surface area contributed by atoms with Crippen LogP contribution in [0.3, 0.4) is 0 Å². The highest BCUT2D eigenvalue weighted by molar-refractivity contribution is 8.14. The second kappa shape index (κ2) is 5.97. The summed E-state index contributed by atoms with van der Waals surface area (Å²) >= 11 is 1.35. The average molecular weight is 273 g/mol. The molecule has 0 fully saturated rings. The molecule has 3 nitrogen and oxygen atoms in total. The van der Waals surface area contributed by atoms with Crippen LogP contribution in [0.5, 0.6) is 0 Å². The number of nitrogens with zero attached hydrogens (tertiary/aromatic N) is 1. The maximum Gasteiger partial charge on any atom is 0.173 e. The molecule has 1 aliphatic rings. The first-order valence-corrected chi connectivity index (χ1v) is 7.04. The van der Waals surface area contributed by atoms with Crippen molar-refractivity contribution >= 4 is 28.4 Å². The maximum absolute atomic E-state index is 12.0. The molecule has 0 aliphatic carbocycles. The van der Waals surface area contributed by atoms with E-state index in [1.807, 2.05) is 31.2 Å². The first-order valence-electron chi connectivity index (χ1n) is 6.06. The lowest BCUT2D eigenvalue weighted by Crippen LogP contribution is -2.11. The minimum Gasteiger partial charge on any atom is -0.294 e. The number of aliphatic imine (C=N–C) groups is 1. The van der Waals surface area contributed by atoms with Gasteiger partial charge in [-0.3, -0.25) is 14.6 Å². The third kappa shape index (κ3) is 3.89. The molecule has 19 heavy (non-hydrogen) atoms. The summed E-state index contributed by atoms with van der Waals surface area (Å²) in [5.74, 6) is 0.438. The number of ketones is 2. The van der Waals surface area contributed by atoms with E-state index in [-0.39, 0.29) is 11.6 Å². The lowest BCUT2D eigenvalue weighted by Gasteiger charge is -2.09. The van der Waals surface area contributed by atoms with Gasteiger partial charge >= 0.3 is 0 Å². The molecule has 1 aromatic rings. The average Bonchev–Trinajstić information content (AvgIpc) is 2.36. The minimum atomic E-state index is 0.0535. The minimum absolute atomic E-state index is 0.0535. The Hall–Kier alpha value is -1.68. The Kier molecular flexibility index (Phi) is 4.32. The molecule has 0 radical (unpaired) electrons. The van der Waals surface area contributed by atoms with Crippen molar-refractivity contribution in [2.24, 2.45) is 4.99 Å². The van der Waals surface area contributed by atoms with Crippen LogP contribution in [0.2, 0.25) is 0 Å². The third-order valence-corrected chi connectivity index (χ3v) is 3.72. The number of thioether (sulfide) groups is 1. The fraction of sp³-hybridized carbons (Fsp3) is 0.267. The topological polar surface area (TPSA) is 46.5 Å². The van der Waals surface area contributed by atoms with E-state index in [4.69, 9.17) is 0 Å². The van der Waals surface area contributed by atoms with Gasteiger partial charge in [-0.15, -0.1) is 11.8 Å². The third-order valence-electron chi connectivity index (χ3n) is 2.74. The van der Waals surface area contributed by atoms with Crippen LogP contribution in [0.4, 0.5) is 0 Å². The maximum atomic E-state index is 12.0. The Morgan fingerprint density at radius 3 is 2.58 bits per heavy atom. The van der Waals surface area contributed by atoms with Gasteiger partial charge in [-0.25, -0.2) is 0 Å². The molecule has 1 heterocycles. The molecule has 0 N–H and O–H groups in total. The molecule has 0 amide bonds. The number of hydrogen-bond acceptors (Lipinski definition) is 4. The van der Waals surface area contributed by atoms with E-state index in [0.29, 0.717) is 23.4 Å². The molecule has 2 rings (SSSR count). The number of rotatable bonds is 3. The number of carbonyl (C=O) groups is 2. The van der Waals surface area contributed by atoms with E-state index in [1.54, 1.807) is 6.92 Å². The van der Waals surface area contributed by atoms with E-state index in [0.717, 1.165) is 10.6 Å². The molecule has 0 saturated heterocycles. The first kappa shape index (κ1) is 13.7. The fourth-order valence-corrected chi connectivity index (χ4v) is 2.67. The van der Waals surface area contributed by atoms with E-state index < -0.39 is 0 Å². The Labute approximate surface area is 116 Å². The van der Waals surface area contributed by atoms with Crippen molar-refractivity contribution in [3.63, 3.8) is 0 Å². The molecular formula is C15H15NO2S. The highest BCUT2D eigenvalue weighted by Crippen LogP contribution is 2.18. The standard InChI is InChI=1S/C15H15NO2S/c1-10-3-5-12(6-4-10)14(18)9-19-15-8-13(17)7-11(2)16-15/h3-7H,8-9H2,1-2H3.